The Labute approximate surface area is 110 Å². The minimum atomic E-state index is 0.443. The van der Waals surface area contributed by atoms with Crippen molar-refractivity contribution in [3.8, 4) is 0 Å². The second-order valence-corrected chi connectivity index (χ2v) is 5.49. The number of hydrogen-bond donors (Lipinski definition) is 0. The molecule has 1 aromatic rings. The zero-order valence-corrected chi connectivity index (χ0v) is 11.5. The number of benzene rings is 1. The average molecular weight is 245 g/mol. The van der Waals surface area contributed by atoms with Gasteiger partial charge in [-0.2, -0.15) is 0 Å². The topological polar surface area (TPSA) is 20.3 Å². The number of Topliss-reactive ketones (excluding diaryl/α,β-unsaturated/α-hetero) is 1. The summed E-state index contributed by atoms with van der Waals surface area (Å²) in [5.74, 6) is 0.443. The van der Waals surface area contributed by atoms with E-state index < -0.39 is 0 Å². The molecule has 1 aromatic carbocycles. The van der Waals surface area contributed by atoms with Gasteiger partial charge in [0.15, 0.2) is 0 Å². The first-order valence-corrected chi connectivity index (χ1v) is 6.92. The summed E-state index contributed by atoms with van der Waals surface area (Å²) in [6.45, 7) is 3.21. The van der Waals surface area contributed by atoms with Crippen molar-refractivity contribution in [2.75, 3.05) is 13.6 Å². The van der Waals surface area contributed by atoms with E-state index in [0.29, 0.717) is 11.8 Å². The SMILES string of the molecule is Cc1ccc(CCN(C)C2CCC(=O)CC2)cc1. The molecule has 1 aliphatic rings. The van der Waals surface area contributed by atoms with Crippen molar-refractivity contribution in [3.63, 3.8) is 0 Å². The van der Waals surface area contributed by atoms with Crippen molar-refractivity contribution < 1.29 is 4.79 Å². The van der Waals surface area contributed by atoms with E-state index in [1.807, 2.05) is 0 Å². The number of nitrogens with zero attached hydrogens (tertiary/aromatic N) is 1. The summed E-state index contributed by atoms with van der Waals surface area (Å²) in [4.78, 5) is 13.6. The summed E-state index contributed by atoms with van der Waals surface area (Å²) in [6, 6.07) is 9.39. The van der Waals surface area contributed by atoms with Gasteiger partial charge >= 0.3 is 0 Å². The van der Waals surface area contributed by atoms with Gasteiger partial charge in [-0.05, 0) is 38.8 Å². The Morgan fingerprint density at radius 1 is 1.17 bits per heavy atom. The highest BCUT2D eigenvalue weighted by molar-refractivity contribution is 5.79. The van der Waals surface area contributed by atoms with Gasteiger partial charge in [-0.3, -0.25) is 4.79 Å². The second-order valence-electron chi connectivity index (χ2n) is 5.49. The molecule has 0 aliphatic heterocycles. The number of rotatable bonds is 4. The minimum Gasteiger partial charge on any atom is -0.303 e. The van der Waals surface area contributed by atoms with Crippen molar-refractivity contribution in [2.24, 2.45) is 0 Å². The molecule has 1 fully saturated rings. The molecule has 1 saturated carbocycles. The van der Waals surface area contributed by atoms with Crippen LogP contribution in [0.15, 0.2) is 24.3 Å². The molecule has 0 spiro atoms. The molecule has 0 amide bonds. The summed E-state index contributed by atoms with van der Waals surface area (Å²) in [6.07, 6.45) is 4.74. The summed E-state index contributed by atoms with van der Waals surface area (Å²) < 4.78 is 0. The van der Waals surface area contributed by atoms with E-state index in [0.717, 1.165) is 38.6 Å². The molecule has 0 aromatic heterocycles. The first kappa shape index (κ1) is 13.3. The third kappa shape index (κ3) is 3.67. The van der Waals surface area contributed by atoms with Crippen LogP contribution in [-0.2, 0) is 11.2 Å². The summed E-state index contributed by atoms with van der Waals surface area (Å²) in [5.41, 5.74) is 2.72. The number of aryl methyl sites for hydroxylation is 1. The Kier molecular flexibility index (Phi) is 4.54. The highest BCUT2D eigenvalue weighted by Gasteiger charge is 2.21. The van der Waals surface area contributed by atoms with Crippen molar-refractivity contribution in [1.29, 1.82) is 0 Å². The fraction of sp³-hybridized carbons (Fsp3) is 0.562. The monoisotopic (exact) mass is 245 g/mol. The van der Waals surface area contributed by atoms with Crippen LogP contribution in [-0.4, -0.2) is 30.3 Å². The van der Waals surface area contributed by atoms with Gasteiger partial charge in [0, 0.05) is 25.4 Å². The maximum absolute atomic E-state index is 11.2. The summed E-state index contributed by atoms with van der Waals surface area (Å²) in [5, 5.41) is 0. The maximum atomic E-state index is 11.2. The molecule has 0 N–H and O–H groups in total. The standard InChI is InChI=1S/C16H23NO/c1-13-3-5-14(6-4-13)11-12-17(2)15-7-9-16(18)10-8-15/h3-6,15H,7-12H2,1-2H3. The number of hydrogen-bond acceptors (Lipinski definition) is 2. The predicted octanol–water partition coefficient (Wildman–Crippen LogP) is 2.98. The number of likely N-dealkylation sites (N-methyl/N-ethyl adjacent to an activating group) is 1. The van der Waals surface area contributed by atoms with Gasteiger partial charge in [-0.15, -0.1) is 0 Å². The van der Waals surface area contributed by atoms with E-state index in [9.17, 15) is 4.79 Å². The molecule has 0 bridgehead atoms. The van der Waals surface area contributed by atoms with Crippen molar-refractivity contribution in [1.82, 2.24) is 4.90 Å². The van der Waals surface area contributed by atoms with E-state index in [1.54, 1.807) is 0 Å². The van der Waals surface area contributed by atoms with Gasteiger partial charge in [0.2, 0.25) is 0 Å². The number of ketones is 1. The van der Waals surface area contributed by atoms with Gasteiger partial charge in [-0.25, -0.2) is 0 Å². The quantitative estimate of drug-likeness (QED) is 0.813. The Bertz CT molecular complexity index is 386. The zero-order chi connectivity index (χ0) is 13.0. The highest BCUT2D eigenvalue weighted by atomic mass is 16.1. The first-order chi connectivity index (χ1) is 8.65. The smallest absolute Gasteiger partial charge is 0.133 e. The fourth-order valence-electron chi connectivity index (χ4n) is 2.61. The van der Waals surface area contributed by atoms with E-state index in [4.69, 9.17) is 0 Å². The van der Waals surface area contributed by atoms with Crippen molar-refractivity contribution in [3.05, 3.63) is 35.4 Å². The van der Waals surface area contributed by atoms with Gasteiger partial charge in [0.05, 0.1) is 0 Å². The third-order valence-electron chi connectivity index (χ3n) is 4.01. The van der Waals surface area contributed by atoms with Crippen LogP contribution in [0.25, 0.3) is 0 Å². The minimum absolute atomic E-state index is 0.443. The largest absolute Gasteiger partial charge is 0.303 e. The lowest BCUT2D eigenvalue weighted by molar-refractivity contribution is -0.121. The van der Waals surface area contributed by atoms with Crippen LogP contribution in [0.1, 0.15) is 36.8 Å². The summed E-state index contributed by atoms with van der Waals surface area (Å²) in [7, 11) is 2.19. The molecular weight excluding hydrogens is 222 g/mol. The number of carbonyl (C=O) groups excluding carboxylic acids is 1. The van der Waals surface area contributed by atoms with Crippen molar-refractivity contribution >= 4 is 5.78 Å². The van der Waals surface area contributed by atoms with Crippen LogP contribution in [0, 0.1) is 6.92 Å². The lowest BCUT2D eigenvalue weighted by atomic mass is 9.93. The first-order valence-electron chi connectivity index (χ1n) is 6.92. The Balaban J connectivity index is 1.79. The molecule has 0 unspecified atom stereocenters. The highest BCUT2D eigenvalue weighted by Crippen LogP contribution is 2.19. The van der Waals surface area contributed by atoms with Crippen molar-refractivity contribution in [2.45, 2.75) is 45.1 Å². The Morgan fingerprint density at radius 3 is 2.39 bits per heavy atom. The number of carbonyl (C=O) groups is 1. The van der Waals surface area contributed by atoms with E-state index >= 15 is 0 Å². The molecule has 2 nitrogen and oxygen atoms in total. The molecule has 2 rings (SSSR count). The van der Waals surface area contributed by atoms with Crippen LogP contribution in [0.5, 0.6) is 0 Å². The van der Waals surface area contributed by atoms with E-state index in [2.05, 4.69) is 43.1 Å². The lowest BCUT2D eigenvalue weighted by Crippen LogP contribution is -2.36. The van der Waals surface area contributed by atoms with E-state index in [-0.39, 0.29) is 0 Å². The van der Waals surface area contributed by atoms with E-state index in [1.165, 1.54) is 11.1 Å². The van der Waals surface area contributed by atoms with Gasteiger partial charge in [-0.1, -0.05) is 29.8 Å². The predicted molar refractivity (Wildman–Crippen MR) is 74.8 cm³/mol. The molecule has 0 atom stereocenters. The lowest BCUT2D eigenvalue weighted by Gasteiger charge is -2.30. The fourth-order valence-corrected chi connectivity index (χ4v) is 2.61. The Morgan fingerprint density at radius 2 is 1.78 bits per heavy atom. The molecule has 2 heteroatoms. The average Bonchev–Trinajstić information content (AvgIpc) is 2.38. The third-order valence-corrected chi connectivity index (χ3v) is 4.01. The molecule has 18 heavy (non-hydrogen) atoms. The molecule has 0 radical (unpaired) electrons. The van der Waals surface area contributed by atoms with Crippen LogP contribution >= 0.6 is 0 Å². The molecular formula is C16H23NO. The maximum Gasteiger partial charge on any atom is 0.133 e. The molecule has 0 heterocycles. The molecule has 1 aliphatic carbocycles. The van der Waals surface area contributed by atoms with Crippen LogP contribution in [0.3, 0.4) is 0 Å². The summed E-state index contributed by atoms with van der Waals surface area (Å²) >= 11 is 0. The van der Waals surface area contributed by atoms with Gasteiger partial charge < -0.3 is 4.90 Å². The van der Waals surface area contributed by atoms with Gasteiger partial charge in [0.1, 0.15) is 5.78 Å². The molecule has 98 valence electrons. The van der Waals surface area contributed by atoms with Crippen LogP contribution in [0.4, 0.5) is 0 Å². The zero-order valence-electron chi connectivity index (χ0n) is 11.5. The molecule has 0 saturated heterocycles. The van der Waals surface area contributed by atoms with Crippen LogP contribution in [0.2, 0.25) is 0 Å². The van der Waals surface area contributed by atoms with Crippen LogP contribution < -0.4 is 0 Å². The second kappa shape index (κ2) is 6.14. The Hall–Kier alpha value is -1.15. The normalized spacial score (nSPS) is 17.4. The van der Waals surface area contributed by atoms with Gasteiger partial charge in [0.25, 0.3) is 0 Å².